The molecule has 0 atom stereocenters. The lowest BCUT2D eigenvalue weighted by Crippen LogP contribution is -1.93. The first-order valence-corrected chi connectivity index (χ1v) is 5.58. The van der Waals surface area contributed by atoms with Crippen LogP contribution in [0.3, 0.4) is 0 Å². The summed E-state index contributed by atoms with van der Waals surface area (Å²) in [5, 5.41) is 1.49. The molecule has 1 heterocycles. The Morgan fingerprint density at radius 1 is 1.00 bits per heavy atom. The maximum absolute atomic E-state index is 5.93. The largest absolute Gasteiger partial charge is 0.383 e. The van der Waals surface area contributed by atoms with Crippen molar-refractivity contribution in [3.8, 4) is 11.1 Å². The van der Waals surface area contributed by atoms with E-state index in [0.717, 1.165) is 11.1 Å². The van der Waals surface area contributed by atoms with Crippen molar-refractivity contribution >= 4 is 40.6 Å². The molecule has 0 aliphatic carbocycles. The zero-order valence-corrected chi connectivity index (χ0v) is 10.3. The molecule has 0 radical (unpaired) electrons. The van der Waals surface area contributed by atoms with Crippen molar-refractivity contribution in [2.75, 3.05) is 5.73 Å². The summed E-state index contributed by atoms with van der Waals surface area (Å²) < 4.78 is 0. The highest BCUT2D eigenvalue weighted by Gasteiger charge is 2.07. The Bertz CT molecular complexity index is 541. The van der Waals surface area contributed by atoms with Crippen LogP contribution >= 0.6 is 34.8 Å². The number of nitrogens with two attached hydrogens (primary N) is 1. The summed E-state index contributed by atoms with van der Waals surface area (Å²) in [7, 11) is 0. The molecule has 2 aromatic rings. The van der Waals surface area contributed by atoms with Crippen LogP contribution in [0.4, 0.5) is 5.82 Å². The van der Waals surface area contributed by atoms with Gasteiger partial charge in [-0.15, -0.1) is 0 Å². The highest BCUT2D eigenvalue weighted by atomic mass is 35.5. The number of benzene rings is 1. The van der Waals surface area contributed by atoms with E-state index in [9.17, 15) is 0 Å². The molecule has 2 nitrogen and oxygen atoms in total. The smallest absolute Gasteiger partial charge is 0.131 e. The van der Waals surface area contributed by atoms with E-state index in [1.165, 1.54) is 6.20 Å². The van der Waals surface area contributed by atoms with Crippen LogP contribution in [-0.4, -0.2) is 4.98 Å². The molecular weight excluding hydrogens is 266 g/mol. The van der Waals surface area contributed by atoms with Gasteiger partial charge in [-0.1, -0.05) is 40.9 Å². The van der Waals surface area contributed by atoms with E-state index in [1.807, 2.05) is 6.07 Å². The lowest BCUT2D eigenvalue weighted by atomic mass is 10.1. The number of hydrogen-bond donors (Lipinski definition) is 1. The summed E-state index contributed by atoms with van der Waals surface area (Å²) in [5.74, 6) is 0.405. The Hall–Kier alpha value is -0.960. The van der Waals surface area contributed by atoms with Gasteiger partial charge < -0.3 is 5.73 Å². The van der Waals surface area contributed by atoms with E-state index in [1.54, 1.807) is 18.2 Å². The van der Waals surface area contributed by atoms with Crippen LogP contribution in [0.2, 0.25) is 15.1 Å². The van der Waals surface area contributed by atoms with Gasteiger partial charge in [0.05, 0.1) is 15.1 Å². The van der Waals surface area contributed by atoms with E-state index in [4.69, 9.17) is 40.5 Å². The Labute approximate surface area is 108 Å². The number of hydrogen-bond acceptors (Lipinski definition) is 2. The van der Waals surface area contributed by atoms with Crippen molar-refractivity contribution in [3.63, 3.8) is 0 Å². The first-order chi connectivity index (χ1) is 7.58. The molecule has 5 heteroatoms. The summed E-state index contributed by atoms with van der Waals surface area (Å²) in [6.07, 6.45) is 1.50. The Morgan fingerprint density at radius 2 is 1.75 bits per heavy atom. The fourth-order valence-electron chi connectivity index (χ4n) is 1.34. The third-order valence-electron chi connectivity index (χ3n) is 2.12. The lowest BCUT2D eigenvalue weighted by molar-refractivity contribution is 1.34. The first-order valence-electron chi connectivity index (χ1n) is 4.44. The highest BCUT2D eigenvalue weighted by molar-refractivity contribution is 6.42. The molecule has 16 heavy (non-hydrogen) atoms. The van der Waals surface area contributed by atoms with Crippen LogP contribution in [0.5, 0.6) is 0 Å². The van der Waals surface area contributed by atoms with Crippen molar-refractivity contribution in [1.82, 2.24) is 4.98 Å². The average Bonchev–Trinajstić information content (AvgIpc) is 2.26. The minimum absolute atomic E-state index is 0.405. The third kappa shape index (κ3) is 2.24. The van der Waals surface area contributed by atoms with Gasteiger partial charge in [0.1, 0.15) is 5.82 Å². The SMILES string of the molecule is Nc1ncc(Cl)cc1-c1ccc(Cl)c(Cl)c1. The van der Waals surface area contributed by atoms with Gasteiger partial charge >= 0.3 is 0 Å². The van der Waals surface area contributed by atoms with Crippen LogP contribution in [0.25, 0.3) is 11.1 Å². The standard InChI is InChI=1S/C11H7Cl3N2/c12-7-4-8(11(15)16-5-7)6-1-2-9(13)10(14)3-6/h1-5H,(H2,15,16). The van der Waals surface area contributed by atoms with E-state index >= 15 is 0 Å². The number of halogens is 3. The molecule has 0 fully saturated rings. The predicted octanol–water partition coefficient (Wildman–Crippen LogP) is 4.29. The number of nitrogens with zero attached hydrogens (tertiary/aromatic N) is 1. The molecule has 2 rings (SSSR count). The van der Waals surface area contributed by atoms with Crippen LogP contribution in [-0.2, 0) is 0 Å². The second kappa shape index (κ2) is 4.50. The van der Waals surface area contributed by atoms with Gasteiger partial charge in [-0.3, -0.25) is 0 Å². The van der Waals surface area contributed by atoms with Gasteiger partial charge in [0.25, 0.3) is 0 Å². The summed E-state index contributed by atoms with van der Waals surface area (Å²) in [6, 6.07) is 6.99. The zero-order valence-electron chi connectivity index (χ0n) is 8.05. The molecule has 1 aromatic carbocycles. The van der Waals surface area contributed by atoms with Gasteiger partial charge in [0.15, 0.2) is 0 Å². The summed E-state index contributed by atoms with van der Waals surface area (Å²) in [5.41, 5.74) is 7.34. The molecule has 0 saturated heterocycles. The quantitative estimate of drug-likeness (QED) is 0.842. The second-order valence-corrected chi connectivity index (χ2v) is 4.47. The fraction of sp³-hybridized carbons (Fsp3) is 0. The normalized spacial score (nSPS) is 10.4. The van der Waals surface area contributed by atoms with Crippen LogP contribution in [0.15, 0.2) is 30.5 Å². The van der Waals surface area contributed by atoms with Gasteiger partial charge in [-0.2, -0.15) is 0 Å². The minimum Gasteiger partial charge on any atom is -0.383 e. The van der Waals surface area contributed by atoms with Crippen molar-refractivity contribution < 1.29 is 0 Å². The van der Waals surface area contributed by atoms with Crippen molar-refractivity contribution in [3.05, 3.63) is 45.5 Å². The van der Waals surface area contributed by atoms with Crippen molar-refractivity contribution in [2.24, 2.45) is 0 Å². The fourth-order valence-corrected chi connectivity index (χ4v) is 1.80. The Balaban J connectivity index is 2.58. The van der Waals surface area contributed by atoms with Crippen molar-refractivity contribution in [2.45, 2.75) is 0 Å². The van der Waals surface area contributed by atoms with Gasteiger partial charge in [-0.25, -0.2) is 4.98 Å². The molecule has 1 aromatic heterocycles. The van der Waals surface area contributed by atoms with E-state index in [0.29, 0.717) is 20.9 Å². The number of nitrogen functional groups attached to an aromatic ring is 1. The summed E-state index contributed by atoms with van der Waals surface area (Å²) >= 11 is 17.6. The van der Waals surface area contributed by atoms with Gasteiger partial charge in [-0.05, 0) is 23.8 Å². The number of rotatable bonds is 1. The van der Waals surface area contributed by atoms with Crippen LogP contribution < -0.4 is 5.73 Å². The molecule has 2 N–H and O–H groups in total. The van der Waals surface area contributed by atoms with E-state index in [-0.39, 0.29) is 0 Å². The molecule has 0 spiro atoms. The molecule has 0 saturated carbocycles. The predicted molar refractivity (Wildman–Crippen MR) is 69.1 cm³/mol. The molecular formula is C11H7Cl3N2. The van der Waals surface area contributed by atoms with Gasteiger partial charge in [0.2, 0.25) is 0 Å². The molecule has 0 unspecified atom stereocenters. The van der Waals surface area contributed by atoms with Crippen molar-refractivity contribution in [1.29, 1.82) is 0 Å². The maximum Gasteiger partial charge on any atom is 0.131 e. The first kappa shape index (κ1) is 11.5. The topological polar surface area (TPSA) is 38.9 Å². The maximum atomic E-state index is 5.93. The van der Waals surface area contributed by atoms with E-state index in [2.05, 4.69) is 4.98 Å². The Morgan fingerprint density at radius 3 is 2.44 bits per heavy atom. The molecule has 82 valence electrons. The second-order valence-electron chi connectivity index (χ2n) is 3.22. The molecule has 0 bridgehead atoms. The third-order valence-corrected chi connectivity index (χ3v) is 3.06. The number of anilines is 1. The average molecular weight is 274 g/mol. The summed E-state index contributed by atoms with van der Waals surface area (Å²) in [6.45, 7) is 0. The van der Waals surface area contributed by atoms with Gasteiger partial charge in [0, 0.05) is 11.8 Å². The summed E-state index contributed by atoms with van der Waals surface area (Å²) in [4.78, 5) is 3.98. The van der Waals surface area contributed by atoms with Crippen LogP contribution in [0, 0.1) is 0 Å². The monoisotopic (exact) mass is 272 g/mol. The molecule has 0 amide bonds. The van der Waals surface area contributed by atoms with Crippen LogP contribution in [0.1, 0.15) is 0 Å². The number of pyridine rings is 1. The molecule has 0 aliphatic heterocycles. The highest BCUT2D eigenvalue weighted by Crippen LogP contribution is 2.31. The Kier molecular flexibility index (Phi) is 3.24. The minimum atomic E-state index is 0.405. The molecule has 0 aliphatic rings. The van der Waals surface area contributed by atoms with E-state index < -0.39 is 0 Å². The lowest BCUT2D eigenvalue weighted by Gasteiger charge is -2.06. The zero-order chi connectivity index (χ0) is 11.7. The number of aromatic nitrogens is 1.